The summed E-state index contributed by atoms with van der Waals surface area (Å²) in [5.74, 6) is 0. The predicted molar refractivity (Wildman–Crippen MR) is 75.4 cm³/mol. The zero-order chi connectivity index (χ0) is 13.7. The molecule has 4 N–H and O–H groups in total. The average Bonchev–Trinajstić information content (AvgIpc) is 2.35. The molecule has 0 aromatic carbocycles. The topological polar surface area (TPSA) is 77.8 Å². The summed E-state index contributed by atoms with van der Waals surface area (Å²) in [4.78, 5) is 0. The first-order chi connectivity index (χ1) is 8.74. The smallest absolute Gasteiger partial charge is 0.373 e. The zero-order valence-corrected chi connectivity index (χ0v) is 13.0. The van der Waals surface area contributed by atoms with E-state index in [4.69, 9.17) is 19.0 Å². The molecule has 0 aromatic rings. The van der Waals surface area contributed by atoms with Crippen molar-refractivity contribution in [3.05, 3.63) is 0 Å². The molecule has 0 fully saturated rings. The number of hydrogen-bond donors (Lipinski definition) is 3. The van der Waals surface area contributed by atoms with Gasteiger partial charge in [-0.25, -0.2) is 0 Å². The third-order valence-electron chi connectivity index (χ3n) is 2.23. The van der Waals surface area contributed by atoms with Gasteiger partial charge < -0.3 is 29.6 Å². The van der Waals surface area contributed by atoms with Gasteiger partial charge in [-0.1, -0.05) is 0 Å². The minimum Gasteiger partial charge on any atom is -0.373 e. The lowest BCUT2D eigenvalue weighted by Gasteiger charge is -2.28. The van der Waals surface area contributed by atoms with Crippen LogP contribution in [0.1, 0.15) is 20.8 Å². The molecule has 0 aliphatic rings. The molecule has 0 radical (unpaired) electrons. The van der Waals surface area contributed by atoms with E-state index in [2.05, 4.69) is 10.6 Å². The number of nitrogens with one attached hydrogen (secondary N) is 2. The first-order valence-electron chi connectivity index (χ1n) is 6.78. The van der Waals surface area contributed by atoms with Crippen LogP contribution in [0.3, 0.4) is 0 Å². The highest BCUT2D eigenvalue weighted by Gasteiger charge is 2.39. The quantitative estimate of drug-likeness (QED) is 0.318. The molecule has 110 valence electrons. The fraction of sp³-hybridized carbons (Fsp3) is 1.00. The Morgan fingerprint density at radius 2 is 1.33 bits per heavy atom. The van der Waals surface area contributed by atoms with Crippen molar-refractivity contribution < 1.29 is 13.3 Å². The van der Waals surface area contributed by atoms with Gasteiger partial charge in [0.15, 0.2) is 0 Å². The van der Waals surface area contributed by atoms with Gasteiger partial charge in [0.25, 0.3) is 0 Å². The summed E-state index contributed by atoms with van der Waals surface area (Å²) in [5, 5.41) is 6.55. The fourth-order valence-corrected chi connectivity index (χ4v) is 3.94. The summed E-state index contributed by atoms with van der Waals surface area (Å²) in [6, 6.07) is 0. The van der Waals surface area contributed by atoms with Gasteiger partial charge in [-0.3, -0.25) is 0 Å². The van der Waals surface area contributed by atoms with Gasteiger partial charge in [0, 0.05) is 46.0 Å². The highest BCUT2D eigenvalue weighted by molar-refractivity contribution is 6.60. The Bertz CT molecular complexity index is 170. The SMILES string of the molecule is CCO[Si](CNCCNCCN)(OCC)OCC. The molecule has 0 aliphatic carbocycles. The standard InChI is InChI=1S/C11H29N3O3Si/c1-4-15-18(16-5-2,17-6-3)11-14-10-9-13-8-7-12/h13-14H,4-12H2,1-3H3. The summed E-state index contributed by atoms with van der Waals surface area (Å²) < 4.78 is 17.2. The fourth-order valence-electron chi connectivity index (χ4n) is 1.58. The van der Waals surface area contributed by atoms with Crippen LogP contribution < -0.4 is 16.4 Å². The normalized spacial score (nSPS) is 12.0. The molecule has 0 aliphatic heterocycles. The van der Waals surface area contributed by atoms with E-state index >= 15 is 0 Å². The van der Waals surface area contributed by atoms with Crippen LogP contribution in [0.15, 0.2) is 0 Å². The average molecular weight is 279 g/mol. The largest absolute Gasteiger partial charge is 0.515 e. The molecule has 0 spiro atoms. The van der Waals surface area contributed by atoms with Crippen LogP contribution in [0.25, 0.3) is 0 Å². The van der Waals surface area contributed by atoms with Crippen molar-refractivity contribution >= 4 is 8.80 Å². The lowest BCUT2D eigenvalue weighted by atomic mass is 10.5. The van der Waals surface area contributed by atoms with E-state index in [0.717, 1.165) is 19.6 Å². The van der Waals surface area contributed by atoms with E-state index < -0.39 is 8.80 Å². The van der Waals surface area contributed by atoms with Crippen LogP contribution in [0.4, 0.5) is 0 Å². The predicted octanol–water partition coefficient (Wildman–Crippen LogP) is -0.288. The molecule has 6 nitrogen and oxygen atoms in total. The summed E-state index contributed by atoms with van der Waals surface area (Å²) in [5.41, 5.74) is 5.40. The second kappa shape index (κ2) is 12.0. The van der Waals surface area contributed by atoms with E-state index in [0.29, 0.717) is 32.5 Å². The van der Waals surface area contributed by atoms with Crippen LogP contribution in [-0.2, 0) is 13.3 Å². The van der Waals surface area contributed by atoms with Crippen LogP contribution >= 0.6 is 0 Å². The highest BCUT2D eigenvalue weighted by Crippen LogP contribution is 2.08. The molecular formula is C11H29N3O3Si. The third-order valence-corrected chi connectivity index (χ3v) is 5.10. The Labute approximate surface area is 112 Å². The van der Waals surface area contributed by atoms with Crippen LogP contribution in [0.5, 0.6) is 0 Å². The van der Waals surface area contributed by atoms with Crippen molar-refractivity contribution in [2.45, 2.75) is 20.8 Å². The van der Waals surface area contributed by atoms with E-state index in [1.807, 2.05) is 20.8 Å². The Balaban J connectivity index is 3.97. The number of nitrogens with two attached hydrogens (primary N) is 1. The van der Waals surface area contributed by atoms with Gasteiger partial charge in [0.2, 0.25) is 0 Å². The maximum atomic E-state index is 5.73. The molecule has 0 atom stereocenters. The third kappa shape index (κ3) is 8.14. The summed E-state index contributed by atoms with van der Waals surface area (Å²) in [6.45, 7) is 10.9. The van der Waals surface area contributed by atoms with Crippen molar-refractivity contribution in [1.82, 2.24) is 10.6 Å². The zero-order valence-electron chi connectivity index (χ0n) is 12.0. The highest BCUT2D eigenvalue weighted by atomic mass is 28.4. The Kier molecular flexibility index (Phi) is 12.0. The minimum absolute atomic E-state index is 0.610. The molecule has 0 rings (SSSR count). The van der Waals surface area contributed by atoms with Crippen molar-refractivity contribution in [2.75, 3.05) is 52.2 Å². The van der Waals surface area contributed by atoms with Gasteiger partial charge in [0.1, 0.15) is 0 Å². The van der Waals surface area contributed by atoms with E-state index in [1.165, 1.54) is 0 Å². The summed E-state index contributed by atoms with van der Waals surface area (Å²) in [7, 11) is -2.53. The molecule has 0 bridgehead atoms. The summed E-state index contributed by atoms with van der Waals surface area (Å²) in [6.07, 6.45) is 0.646. The lowest BCUT2D eigenvalue weighted by Crippen LogP contribution is -2.55. The van der Waals surface area contributed by atoms with Gasteiger partial charge in [-0.2, -0.15) is 0 Å². The van der Waals surface area contributed by atoms with Crippen LogP contribution in [-0.4, -0.2) is 61.0 Å². The Hall–Kier alpha value is -0.0231. The first-order valence-corrected chi connectivity index (χ1v) is 8.71. The molecule has 0 heterocycles. The summed E-state index contributed by atoms with van der Waals surface area (Å²) >= 11 is 0. The first kappa shape index (κ1) is 18.0. The monoisotopic (exact) mass is 279 g/mol. The molecule has 0 saturated heterocycles. The number of rotatable bonds is 13. The van der Waals surface area contributed by atoms with Crippen molar-refractivity contribution in [3.8, 4) is 0 Å². The molecule has 0 saturated carbocycles. The maximum Gasteiger partial charge on any atom is 0.515 e. The van der Waals surface area contributed by atoms with Crippen molar-refractivity contribution in [2.24, 2.45) is 5.73 Å². The second-order valence-electron chi connectivity index (χ2n) is 3.70. The minimum atomic E-state index is -2.53. The van der Waals surface area contributed by atoms with Gasteiger partial charge >= 0.3 is 8.80 Å². The van der Waals surface area contributed by atoms with Crippen molar-refractivity contribution in [3.63, 3.8) is 0 Å². The second-order valence-corrected chi connectivity index (χ2v) is 6.28. The maximum absolute atomic E-state index is 5.73. The Morgan fingerprint density at radius 1 is 0.833 bits per heavy atom. The van der Waals surface area contributed by atoms with E-state index in [1.54, 1.807) is 0 Å². The Morgan fingerprint density at radius 3 is 1.78 bits per heavy atom. The molecule has 7 heteroatoms. The molecular weight excluding hydrogens is 250 g/mol. The van der Waals surface area contributed by atoms with E-state index in [9.17, 15) is 0 Å². The lowest BCUT2D eigenvalue weighted by molar-refractivity contribution is 0.0702. The van der Waals surface area contributed by atoms with Gasteiger partial charge in [-0.05, 0) is 20.8 Å². The van der Waals surface area contributed by atoms with Gasteiger partial charge in [-0.15, -0.1) is 0 Å². The van der Waals surface area contributed by atoms with E-state index in [-0.39, 0.29) is 0 Å². The molecule has 0 amide bonds. The molecule has 0 unspecified atom stereocenters. The molecule has 18 heavy (non-hydrogen) atoms. The molecule has 0 aromatic heterocycles. The number of hydrogen-bond acceptors (Lipinski definition) is 6. The van der Waals surface area contributed by atoms with Crippen LogP contribution in [0.2, 0.25) is 0 Å². The van der Waals surface area contributed by atoms with Crippen molar-refractivity contribution in [1.29, 1.82) is 0 Å². The van der Waals surface area contributed by atoms with Gasteiger partial charge in [0.05, 0.1) is 6.17 Å². The van der Waals surface area contributed by atoms with Crippen LogP contribution in [0, 0.1) is 0 Å².